The summed E-state index contributed by atoms with van der Waals surface area (Å²) in [6.45, 7) is 6.47. The van der Waals surface area contributed by atoms with Crippen LogP contribution in [0.2, 0.25) is 0 Å². The Kier molecular flexibility index (Phi) is 5.15. The van der Waals surface area contributed by atoms with Crippen molar-refractivity contribution in [2.24, 2.45) is 0 Å². The van der Waals surface area contributed by atoms with Crippen molar-refractivity contribution in [1.29, 1.82) is 0 Å². The van der Waals surface area contributed by atoms with E-state index in [1.54, 1.807) is 6.20 Å². The highest BCUT2D eigenvalue weighted by molar-refractivity contribution is 5.78. The van der Waals surface area contributed by atoms with Crippen LogP contribution >= 0.6 is 0 Å². The first-order valence-electron chi connectivity index (χ1n) is 7.37. The molecule has 1 amide bonds. The lowest BCUT2D eigenvalue weighted by atomic mass is 10.1. The van der Waals surface area contributed by atoms with Crippen LogP contribution in [-0.4, -0.2) is 16.5 Å². The van der Waals surface area contributed by atoms with Crippen molar-refractivity contribution in [3.8, 4) is 5.75 Å². The lowest BCUT2D eigenvalue weighted by Gasteiger charge is -2.21. The van der Waals surface area contributed by atoms with Gasteiger partial charge in [0.1, 0.15) is 11.4 Å². The zero-order valence-corrected chi connectivity index (χ0v) is 13.3. The normalized spacial score (nSPS) is 11.0. The molecule has 0 unspecified atom stereocenters. The molecule has 0 spiro atoms. The zero-order valence-electron chi connectivity index (χ0n) is 13.3. The van der Waals surface area contributed by atoms with E-state index in [2.05, 4.69) is 10.3 Å². The monoisotopic (exact) mass is 298 g/mol. The van der Waals surface area contributed by atoms with Crippen molar-refractivity contribution in [2.45, 2.75) is 39.3 Å². The lowest BCUT2D eigenvalue weighted by Crippen LogP contribution is -2.25. The van der Waals surface area contributed by atoms with E-state index in [1.807, 2.05) is 63.2 Å². The van der Waals surface area contributed by atoms with Gasteiger partial charge >= 0.3 is 0 Å². The molecule has 1 heterocycles. The van der Waals surface area contributed by atoms with Gasteiger partial charge in [-0.1, -0.05) is 18.2 Å². The van der Waals surface area contributed by atoms with Gasteiger partial charge in [0.15, 0.2) is 0 Å². The highest BCUT2D eigenvalue weighted by Gasteiger charge is 2.11. The Hall–Kier alpha value is -2.36. The van der Waals surface area contributed by atoms with Crippen molar-refractivity contribution in [1.82, 2.24) is 10.3 Å². The summed E-state index contributed by atoms with van der Waals surface area (Å²) < 4.78 is 5.76. The largest absolute Gasteiger partial charge is 0.488 e. The van der Waals surface area contributed by atoms with Crippen LogP contribution in [0, 0.1) is 0 Å². The standard InChI is InChI=1S/C18H22N2O2/c1-18(2,3)22-16-9-7-14(8-10-16)12-17(21)20-13-15-6-4-5-11-19-15/h4-11H,12-13H2,1-3H3,(H,20,21). The molecule has 2 rings (SSSR count). The number of nitrogens with one attached hydrogen (secondary N) is 1. The van der Waals surface area contributed by atoms with Gasteiger partial charge in [0.05, 0.1) is 18.7 Å². The van der Waals surface area contributed by atoms with Crippen molar-refractivity contribution in [3.63, 3.8) is 0 Å². The number of aromatic nitrogens is 1. The summed E-state index contributed by atoms with van der Waals surface area (Å²) in [5.74, 6) is 0.792. The van der Waals surface area contributed by atoms with Crippen LogP contribution in [0.4, 0.5) is 0 Å². The summed E-state index contributed by atoms with van der Waals surface area (Å²) in [7, 11) is 0. The van der Waals surface area contributed by atoms with Gasteiger partial charge in [-0.3, -0.25) is 9.78 Å². The minimum atomic E-state index is -0.221. The van der Waals surface area contributed by atoms with Crippen LogP contribution in [-0.2, 0) is 17.8 Å². The maximum Gasteiger partial charge on any atom is 0.224 e. The number of carbonyl (C=O) groups is 1. The first kappa shape index (κ1) is 16.0. The van der Waals surface area contributed by atoms with Gasteiger partial charge in [0.2, 0.25) is 5.91 Å². The molecule has 0 saturated carbocycles. The quantitative estimate of drug-likeness (QED) is 0.922. The summed E-state index contributed by atoms with van der Waals surface area (Å²) >= 11 is 0. The molecule has 0 radical (unpaired) electrons. The Bertz CT molecular complexity index is 601. The topological polar surface area (TPSA) is 51.2 Å². The van der Waals surface area contributed by atoms with Crippen molar-refractivity contribution >= 4 is 5.91 Å². The Morgan fingerprint density at radius 2 is 1.86 bits per heavy atom. The Morgan fingerprint density at radius 1 is 1.14 bits per heavy atom. The zero-order chi connectivity index (χ0) is 16.0. The molecule has 116 valence electrons. The second-order valence-corrected chi connectivity index (χ2v) is 6.13. The van der Waals surface area contributed by atoms with Gasteiger partial charge in [-0.05, 0) is 50.6 Å². The number of rotatable bonds is 5. The molecule has 1 aromatic heterocycles. The molecule has 0 aliphatic heterocycles. The van der Waals surface area contributed by atoms with Crippen LogP contribution in [0.5, 0.6) is 5.75 Å². The maximum atomic E-state index is 11.9. The maximum absolute atomic E-state index is 11.9. The van der Waals surface area contributed by atoms with Crippen molar-refractivity contribution < 1.29 is 9.53 Å². The van der Waals surface area contributed by atoms with Gasteiger partial charge in [-0.25, -0.2) is 0 Å². The molecule has 22 heavy (non-hydrogen) atoms. The number of benzene rings is 1. The molecular formula is C18H22N2O2. The molecule has 0 fully saturated rings. The Morgan fingerprint density at radius 3 is 2.45 bits per heavy atom. The van der Waals surface area contributed by atoms with E-state index in [9.17, 15) is 4.79 Å². The van der Waals surface area contributed by atoms with Crippen LogP contribution in [0.15, 0.2) is 48.7 Å². The van der Waals surface area contributed by atoms with E-state index in [-0.39, 0.29) is 11.5 Å². The Balaban J connectivity index is 1.84. The molecule has 0 atom stereocenters. The number of hydrogen-bond donors (Lipinski definition) is 1. The molecule has 1 N–H and O–H groups in total. The number of nitrogens with zero attached hydrogens (tertiary/aromatic N) is 1. The fraction of sp³-hybridized carbons (Fsp3) is 0.333. The smallest absolute Gasteiger partial charge is 0.224 e. The minimum absolute atomic E-state index is 0.0184. The number of hydrogen-bond acceptors (Lipinski definition) is 3. The fourth-order valence-corrected chi connectivity index (χ4v) is 1.97. The van der Waals surface area contributed by atoms with Crippen LogP contribution < -0.4 is 10.1 Å². The van der Waals surface area contributed by atoms with E-state index in [1.165, 1.54) is 0 Å². The molecule has 4 heteroatoms. The van der Waals surface area contributed by atoms with E-state index < -0.39 is 0 Å². The third-order valence-corrected chi connectivity index (χ3v) is 2.90. The average molecular weight is 298 g/mol. The van der Waals surface area contributed by atoms with Crippen LogP contribution in [0.25, 0.3) is 0 Å². The summed E-state index contributed by atoms with van der Waals surface area (Å²) in [6.07, 6.45) is 2.07. The summed E-state index contributed by atoms with van der Waals surface area (Å²) in [5.41, 5.74) is 1.59. The molecule has 0 saturated heterocycles. The SMILES string of the molecule is CC(C)(C)Oc1ccc(CC(=O)NCc2ccccn2)cc1. The Labute approximate surface area is 131 Å². The average Bonchev–Trinajstić information content (AvgIpc) is 2.47. The van der Waals surface area contributed by atoms with Gasteiger partial charge in [0, 0.05) is 6.20 Å². The third kappa shape index (κ3) is 5.56. The highest BCUT2D eigenvalue weighted by Crippen LogP contribution is 2.18. The summed E-state index contributed by atoms with van der Waals surface area (Å²) in [4.78, 5) is 16.1. The number of ether oxygens (including phenoxy) is 1. The van der Waals surface area contributed by atoms with Gasteiger partial charge in [-0.2, -0.15) is 0 Å². The second kappa shape index (κ2) is 7.07. The molecule has 1 aromatic carbocycles. The second-order valence-electron chi connectivity index (χ2n) is 6.13. The summed E-state index contributed by atoms with van der Waals surface area (Å²) in [6, 6.07) is 13.3. The fourth-order valence-electron chi connectivity index (χ4n) is 1.97. The molecule has 0 aliphatic carbocycles. The van der Waals surface area contributed by atoms with E-state index in [0.29, 0.717) is 13.0 Å². The summed E-state index contributed by atoms with van der Waals surface area (Å²) in [5, 5.41) is 2.87. The first-order valence-corrected chi connectivity index (χ1v) is 7.37. The lowest BCUT2D eigenvalue weighted by molar-refractivity contribution is -0.120. The third-order valence-electron chi connectivity index (χ3n) is 2.90. The van der Waals surface area contributed by atoms with E-state index in [0.717, 1.165) is 17.0 Å². The number of pyridine rings is 1. The van der Waals surface area contributed by atoms with Crippen molar-refractivity contribution in [3.05, 3.63) is 59.9 Å². The number of carbonyl (C=O) groups excluding carboxylic acids is 1. The van der Waals surface area contributed by atoms with Crippen LogP contribution in [0.1, 0.15) is 32.0 Å². The number of amides is 1. The van der Waals surface area contributed by atoms with E-state index >= 15 is 0 Å². The molecular weight excluding hydrogens is 276 g/mol. The van der Waals surface area contributed by atoms with E-state index in [4.69, 9.17) is 4.74 Å². The predicted octanol–water partition coefficient (Wildman–Crippen LogP) is 3.12. The predicted molar refractivity (Wildman–Crippen MR) is 86.6 cm³/mol. The first-order chi connectivity index (χ1) is 10.4. The van der Waals surface area contributed by atoms with Gasteiger partial charge < -0.3 is 10.1 Å². The molecule has 0 bridgehead atoms. The molecule has 0 aliphatic rings. The van der Waals surface area contributed by atoms with Gasteiger partial charge in [-0.15, -0.1) is 0 Å². The molecule has 4 nitrogen and oxygen atoms in total. The van der Waals surface area contributed by atoms with Gasteiger partial charge in [0.25, 0.3) is 0 Å². The van der Waals surface area contributed by atoms with Crippen molar-refractivity contribution in [2.75, 3.05) is 0 Å². The minimum Gasteiger partial charge on any atom is -0.488 e. The highest BCUT2D eigenvalue weighted by atomic mass is 16.5. The molecule has 2 aromatic rings. The van der Waals surface area contributed by atoms with Crippen LogP contribution in [0.3, 0.4) is 0 Å².